The second-order valence-corrected chi connectivity index (χ2v) is 3.93. The standard InChI is InChI=1S/C11H16N6O2/c1-6-8(7(2)17(3)16-6)19-11-9(18-4)10(15-12)13-5-14-11/h5H,12H2,1-4H3,(H,13,14,15). The molecule has 2 aromatic heterocycles. The van der Waals surface area contributed by atoms with E-state index in [-0.39, 0.29) is 5.88 Å². The number of nitrogens with one attached hydrogen (secondary N) is 1. The Balaban J connectivity index is 2.43. The molecule has 19 heavy (non-hydrogen) atoms. The average molecular weight is 264 g/mol. The fourth-order valence-electron chi connectivity index (χ4n) is 1.72. The number of ether oxygens (including phenoxy) is 2. The Bertz CT molecular complexity index is 595. The quantitative estimate of drug-likeness (QED) is 0.625. The van der Waals surface area contributed by atoms with E-state index in [1.165, 1.54) is 13.4 Å². The maximum Gasteiger partial charge on any atom is 0.268 e. The van der Waals surface area contributed by atoms with Gasteiger partial charge in [0.15, 0.2) is 11.6 Å². The molecule has 0 bridgehead atoms. The molecule has 0 saturated carbocycles. The lowest BCUT2D eigenvalue weighted by atomic mass is 10.3. The van der Waals surface area contributed by atoms with Gasteiger partial charge >= 0.3 is 0 Å². The zero-order valence-electron chi connectivity index (χ0n) is 11.3. The zero-order chi connectivity index (χ0) is 14.0. The highest BCUT2D eigenvalue weighted by molar-refractivity contribution is 5.55. The minimum absolute atomic E-state index is 0.282. The minimum atomic E-state index is 0.282. The van der Waals surface area contributed by atoms with Gasteiger partial charge in [-0.2, -0.15) is 10.1 Å². The van der Waals surface area contributed by atoms with Crippen LogP contribution >= 0.6 is 0 Å². The van der Waals surface area contributed by atoms with Crippen molar-refractivity contribution in [1.29, 1.82) is 0 Å². The fourth-order valence-corrected chi connectivity index (χ4v) is 1.72. The number of hydrazine groups is 1. The highest BCUT2D eigenvalue weighted by atomic mass is 16.5. The van der Waals surface area contributed by atoms with Crippen molar-refractivity contribution in [2.45, 2.75) is 13.8 Å². The van der Waals surface area contributed by atoms with Gasteiger partial charge in [0.1, 0.15) is 12.0 Å². The van der Waals surface area contributed by atoms with Crippen LogP contribution in [0.5, 0.6) is 17.4 Å². The van der Waals surface area contributed by atoms with E-state index in [9.17, 15) is 0 Å². The van der Waals surface area contributed by atoms with Crippen molar-refractivity contribution in [1.82, 2.24) is 19.7 Å². The molecule has 0 atom stereocenters. The summed E-state index contributed by atoms with van der Waals surface area (Å²) < 4.78 is 12.7. The van der Waals surface area contributed by atoms with Gasteiger partial charge in [0.05, 0.1) is 12.8 Å². The molecule has 0 aliphatic heterocycles. The second kappa shape index (κ2) is 5.11. The van der Waals surface area contributed by atoms with Crippen molar-refractivity contribution >= 4 is 5.82 Å². The number of hydrogen-bond donors (Lipinski definition) is 2. The van der Waals surface area contributed by atoms with E-state index in [0.29, 0.717) is 17.3 Å². The maximum atomic E-state index is 5.77. The van der Waals surface area contributed by atoms with E-state index in [4.69, 9.17) is 15.3 Å². The van der Waals surface area contributed by atoms with Crippen molar-refractivity contribution in [3.05, 3.63) is 17.7 Å². The Morgan fingerprint density at radius 3 is 2.53 bits per heavy atom. The van der Waals surface area contributed by atoms with Crippen molar-refractivity contribution < 1.29 is 9.47 Å². The third kappa shape index (κ3) is 2.29. The van der Waals surface area contributed by atoms with Crippen LogP contribution < -0.4 is 20.7 Å². The Hall–Kier alpha value is -2.35. The number of methoxy groups -OCH3 is 1. The van der Waals surface area contributed by atoms with E-state index >= 15 is 0 Å². The molecule has 0 radical (unpaired) electrons. The third-order valence-electron chi connectivity index (χ3n) is 2.75. The van der Waals surface area contributed by atoms with Crippen LogP contribution in [-0.2, 0) is 7.05 Å². The Morgan fingerprint density at radius 1 is 1.26 bits per heavy atom. The summed E-state index contributed by atoms with van der Waals surface area (Å²) in [5, 5.41) is 4.27. The number of rotatable bonds is 4. The number of nitrogen functional groups attached to an aromatic ring is 1. The summed E-state index contributed by atoms with van der Waals surface area (Å²) in [6.45, 7) is 3.77. The monoisotopic (exact) mass is 264 g/mol. The van der Waals surface area contributed by atoms with Crippen LogP contribution in [0.1, 0.15) is 11.4 Å². The molecule has 0 saturated heterocycles. The van der Waals surface area contributed by atoms with E-state index < -0.39 is 0 Å². The summed E-state index contributed by atoms with van der Waals surface area (Å²) in [7, 11) is 3.34. The molecule has 0 aliphatic carbocycles. The number of anilines is 1. The van der Waals surface area contributed by atoms with Crippen LogP contribution in [0.4, 0.5) is 5.82 Å². The molecule has 0 aromatic carbocycles. The lowest BCUT2D eigenvalue weighted by Crippen LogP contribution is -2.11. The molecule has 102 valence electrons. The molecule has 8 nitrogen and oxygen atoms in total. The number of nitrogens with zero attached hydrogens (tertiary/aromatic N) is 4. The van der Waals surface area contributed by atoms with Gasteiger partial charge in [-0.05, 0) is 13.8 Å². The van der Waals surface area contributed by atoms with Crippen molar-refractivity contribution in [2.24, 2.45) is 12.9 Å². The molecule has 0 amide bonds. The lowest BCUT2D eigenvalue weighted by Gasteiger charge is -2.11. The molecule has 0 fully saturated rings. The predicted octanol–water partition coefficient (Wildman–Crippen LogP) is 0.913. The molecule has 2 heterocycles. The van der Waals surface area contributed by atoms with Crippen LogP contribution in [-0.4, -0.2) is 26.9 Å². The first kappa shape index (κ1) is 13.1. The van der Waals surface area contributed by atoms with Gasteiger partial charge in [0, 0.05) is 7.05 Å². The van der Waals surface area contributed by atoms with E-state index in [0.717, 1.165) is 11.4 Å². The largest absolute Gasteiger partial charge is 0.489 e. The third-order valence-corrected chi connectivity index (χ3v) is 2.75. The molecule has 2 aromatic rings. The van der Waals surface area contributed by atoms with Crippen LogP contribution in [0.15, 0.2) is 6.33 Å². The molecule has 3 N–H and O–H groups in total. The van der Waals surface area contributed by atoms with Crippen LogP contribution in [0.3, 0.4) is 0 Å². The van der Waals surface area contributed by atoms with Crippen LogP contribution in [0, 0.1) is 13.8 Å². The van der Waals surface area contributed by atoms with Crippen LogP contribution in [0.25, 0.3) is 0 Å². The van der Waals surface area contributed by atoms with Crippen LogP contribution in [0.2, 0.25) is 0 Å². The molecule has 0 spiro atoms. The highest BCUT2D eigenvalue weighted by Crippen LogP contribution is 2.35. The van der Waals surface area contributed by atoms with Gasteiger partial charge < -0.3 is 14.9 Å². The first-order valence-corrected chi connectivity index (χ1v) is 5.62. The summed E-state index contributed by atoms with van der Waals surface area (Å²) in [6.07, 6.45) is 1.34. The second-order valence-electron chi connectivity index (χ2n) is 3.93. The lowest BCUT2D eigenvalue weighted by molar-refractivity contribution is 0.367. The highest BCUT2D eigenvalue weighted by Gasteiger charge is 2.18. The number of aromatic nitrogens is 4. The van der Waals surface area contributed by atoms with Gasteiger partial charge in [0.25, 0.3) is 5.88 Å². The number of hydrogen-bond acceptors (Lipinski definition) is 7. The Kier molecular flexibility index (Phi) is 3.52. The van der Waals surface area contributed by atoms with Crippen molar-refractivity contribution in [3.8, 4) is 17.4 Å². The Morgan fingerprint density at radius 2 is 2.00 bits per heavy atom. The van der Waals surface area contributed by atoms with E-state index in [1.54, 1.807) is 4.68 Å². The average Bonchev–Trinajstić information content (AvgIpc) is 2.65. The summed E-state index contributed by atoms with van der Waals surface area (Å²) in [6, 6.07) is 0. The SMILES string of the molecule is COc1c(NN)ncnc1Oc1c(C)nn(C)c1C. The van der Waals surface area contributed by atoms with Gasteiger partial charge in [-0.25, -0.2) is 10.8 Å². The topological polar surface area (TPSA) is 100 Å². The first-order valence-electron chi connectivity index (χ1n) is 5.62. The molecular weight excluding hydrogens is 248 g/mol. The molecule has 2 rings (SSSR count). The summed E-state index contributed by atoms with van der Waals surface area (Å²) in [5.41, 5.74) is 4.09. The van der Waals surface area contributed by atoms with Crippen molar-refractivity contribution in [2.75, 3.05) is 12.5 Å². The normalized spacial score (nSPS) is 10.4. The maximum absolute atomic E-state index is 5.77. The molecule has 8 heteroatoms. The fraction of sp³-hybridized carbons (Fsp3) is 0.364. The Labute approximate surface area is 110 Å². The number of nitrogens with two attached hydrogens (primary N) is 1. The van der Waals surface area contributed by atoms with E-state index in [2.05, 4.69) is 20.5 Å². The zero-order valence-corrected chi connectivity index (χ0v) is 11.3. The first-order chi connectivity index (χ1) is 9.08. The van der Waals surface area contributed by atoms with Gasteiger partial charge in [-0.3, -0.25) is 4.68 Å². The summed E-state index contributed by atoms with van der Waals surface area (Å²) >= 11 is 0. The number of aryl methyl sites for hydroxylation is 2. The smallest absolute Gasteiger partial charge is 0.268 e. The van der Waals surface area contributed by atoms with E-state index in [1.807, 2.05) is 20.9 Å². The van der Waals surface area contributed by atoms with Gasteiger partial charge in [-0.1, -0.05) is 0 Å². The predicted molar refractivity (Wildman–Crippen MR) is 69.2 cm³/mol. The molecule has 0 aliphatic rings. The summed E-state index contributed by atoms with van der Waals surface area (Å²) in [5.74, 6) is 6.98. The van der Waals surface area contributed by atoms with Gasteiger partial charge in [-0.15, -0.1) is 0 Å². The molecular formula is C11H16N6O2. The van der Waals surface area contributed by atoms with Gasteiger partial charge in [0.2, 0.25) is 5.75 Å². The minimum Gasteiger partial charge on any atom is -0.489 e. The van der Waals surface area contributed by atoms with Crippen molar-refractivity contribution in [3.63, 3.8) is 0 Å². The summed E-state index contributed by atoms with van der Waals surface area (Å²) in [4.78, 5) is 8.00. The molecule has 0 unspecified atom stereocenters.